The van der Waals surface area contributed by atoms with E-state index in [9.17, 15) is 9.59 Å². The number of aryl methyl sites for hydroxylation is 1. The van der Waals surface area contributed by atoms with Gasteiger partial charge in [0, 0.05) is 37.3 Å². The maximum Gasteiger partial charge on any atom is 0.253 e. The molecular formula is C12H15BrN2O3. The van der Waals surface area contributed by atoms with Gasteiger partial charge in [0.05, 0.1) is 17.2 Å². The lowest BCUT2D eigenvalue weighted by atomic mass is 10.2. The molecule has 1 aromatic rings. The first kappa shape index (κ1) is 13.3. The van der Waals surface area contributed by atoms with Crippen LogP contribution in [0.2, 0.25) is 0 Å². The number of carbonyl (C=O) groups excluding carboxylic acids is 1. The Morgan fingerprint density at radius 1 is 1.67 bits per heavy atom. The number of rotatable bonds is 3. The number of amides is 1. The SMILES string of the molecule is CO[C@@]1(C)C[C@H]1NC(=O)c1cc(=O)n(C)cc1Br. The standard InChI is InChI=1S/C12H15BrN2O3/c1-12(18-3)5-9(12)14-11(17)7-4-10(16)15(2)6-8(7)13/h4,6,9H,5H2,1-3H3,(H,14,17)/t9-,12+/m1/s1. The highest BCUT2D eigenvalue weighted by molar-refractivity contribution is 9.10. The molecule has 1 saturated carbocycles. The summed E-state index contributed by atoms with van der Waals surface area (Å²) < 4.78 is 7.29. The van der Waals surface area contributed by atoms with Crippen LogP contribution in [0.15, 0.2) is 21.5 Å². The van der Waals surface area contributed by atoms with Gasteiger partial charge in [0.25, 0.3) is 11.5 Å². The molecule has 1 aromatic heterocycles. The van der Waals surface area contributed by atoms with E-state index in [0.717, 1.165) is 6.42 Å². The van der Waals surface area contributed by atoms with Crippen molar-refractivity contribution in [1.82, 2.24) is 9.88 Å². The summed E-state index contributed by atoms with van der Waals surface area (Å²) in [5.41, 5.74) is -0.140. The Labute approximate surface area is 113 Å². The predicted molar refractivity (Wildman–Crippen MR) is 70.7 cm³/mol. The summed E-state index contributed by atoms with van der Waals surface area (Å²) in [6.07, 6.45) is 2.37. The van der Waals surface area contributed by atoms with Crippen molar-refractivity contribution >= 4 is 21.8 Å². The predicted octanol–water partition coefficient (Wildman–Crippen LogP) is 1.06. The molecule has 1 amide bonds. The minimum absolute atomic E-state index is 0.00552. The molecule has 1 aliphatic rings. The van der Waals surface area contributed by atoms with Gasteiger partial charge in [-0.2, -0.15) is 0 Å². The molecule has 1 N–H and O–H groups in total. The average molecular weight is 315 g/mol. The zero-order valence-electron chi connectivity index (χ0n) is 10.5. The summed E-state index contributed by atoms with van der Waals surface area (Å²) in [6, 6.07) is 1.33. The second-order valence-electron chi connectivity index (χ2n) is 4.73. The number of nitrogens with zero attached hydrogens (tertiary/aromatic N) is 1. The second-order valence-corrected chi connectivity index (χ2v) is 5.59. The second kappa shape index (κ2) is 4.51. The fourth-order valence-corrected chi connectivity index (χ4v) is 2.38. The van der Waals surface area contributed by atoms with E-state index in [2.05, 4.69) is 21.2 Å². The van der Waals surface area contributed by atoms with E-state index >= 15 is 0 Å². The lowest BCUT2D eigenvalue weighted by molar-refractivity contribution is 0.0786. The third-order valence-corrected chi connectivity index (χ3v) is 4.01. The van der Waals surface area contributed by atoms with Crippen molar-refractivity contribution in [3.8, 4) is 0 Å². The molecule has 6 heteroatoms. The molecule has 98 valence electrons. The molecule has 0 spiro atoms. The Morgan fingerprint density at radius 3 is 2.89 bits per heavy atom. The van der Waals surface area contributed by atoms with E-state index in [-0.39, 0.29) is 23.1 Å². The fourth-order valence-electron chi connectivity index (χ4n) is 1.78. The van der Waals surface area contributed by atoms with Crippen molar-refractivity contribution in [2.45, 2.75) is 25.0 Å². The first-order valence-corrected chi connectivity index (χ1v) is 6.39. The quantitative estimate of drug-likeness (QED) is 0.907. The smallest absolute Gasteiger partial charge is 0.253 e. The number of aromatic nitrogens is 1. The molecule has 1 aliphatic carbocycles. The molecule has 18 heavy (non-hydrogen) atoms. The molecule has 1 heterocycles. The maximum atomic E-state index is 12.0. The number of pyridine rings is 1. The van der Waals surface area contributed by atoms with Gasteiger partial charge in [0.1, 0.15) is 0 Å². The Kier molecular flexibility index (Phi) is 3.33. The van der Waals surface area contributed by atoms with Gasteiger partial charge in [-0.1, -0.05) is 0 Å². The largest absolute Gasteiger partial charge is 0.376 e. The van der Waals surface area contributed by atoms with Gasteiger partial charge in [0.15, 0.2) is 0 Å². The lowest BCUT2D eigenvalue weighted by Crippen LogP contribution is -2.33. The van der Waals surface area contributed by atoms with Crippen LogP contribution in [0.1, 0.15) is 23.7 Å². The Balaban J connectivity index is 2.16. The minimum Gasteiger partial charge on any atom is -0.376 e. The lowest BCUT2D eigenvalue weighted by Gasteiger charge is -2.11. The summed E-state index contributed by atoms with van der Waals surface area (Å²) in [7, 11) is 3.26. The summed E-state index contributed by atoms with van der Waals surface area (Å²) in [4.78, 5) is 23.6. The molecule has 0 saturated heterocycles. The van der Waals surface area contributed by atoms with Crippen molar-refractivity contribution in [3.05, 3.63) is 32.7 Å². The van der Waals surface area contributed by atoms with E-state index in [0.29, 0.717) is 10.0 Å². The van der Waals surface area contributed by atoms with Gasteiger partial charge in [-0.05, 0) is 22.9 Å². The van der Waals surface area contributed by atoms with Crippen molar-refractivity contribution in [3.63, 3.8) is 0 Å². The number of methoxy groups -OCH3 is 1. The van der Waals surface area contributed by atoms with Crippen molar-refractivity contribution in [1.29, 1.82) is 0 Å². The van der Waals surface area contributed by atoms with Crippen LogP contribution in [-0.2, 0) is 11.8 Å². The molecule has 0 radical (unpaired) electrons. The third kappa shape index (κ3) is 2.35. The fraction of sp³-hybridized carbons (Fsp3) is 0.500. The third-order valence-electron chi connectivity index (χ3n) is 3.38. The van der Waals surface area contributed by atoms with E-state index in [1.165, 1.54) is 10.6 Å². The number of halogens is 1. The van der Waals surface area contributed by atoms with Crippen molar-refractivity contribution in [2.75, 3.05) is 7.11 Å². The normalized spacial score (nSPS) is 25.9. The zero-order chi connectivity index (χ0) is 13.5. The maximum absolute atomic E-state index is 12.0. The number of carbonyl (C=O) groups is 1. The van der Waals surface area contributed by atoms with Crippen molar-refractivity contribution in [2.24, 2.45) is 7.05 Å². The topological polar surface area (TPSA) is 60.3 Å². The molecule has 5 nitrogen and oxygen atoms in total. The molecule has 0 unspecified atom stereocenters. The van der Waals surface area contributed by atoms with Crippen LogP contribution in [-0.4, -0.2) is 29.2 Å². The summed E-state index contributed by atoms with van der Waals surface area (Å²) >= 11 is 3.29. The molecule has 0 bridgehead atoms. The number of hydrogen-bond donors (Lipinski definition) is 1. The van der Waals surface area contributed by atoms with Crippen LogP contribution in [0.5, 0.6) is 0 Å². The molecule has 1 fully saturated rings. The summed E-state index contributed by atoms with van der Waals surface area (Å²) in [5.74, 6) is -0.259. The Bertz CT molecular complexity index is 555. The van der Waals surface area contributed by atoms with Crippen LogP contribution < -0.4 is 10.9 Å². The highest BCUT2D eigenvalue weighted by Crippen LogP contribution is 2.38. The van der Waals surface area contributed by atoms with Crippen LogP contribution in [0.4, 0.5) is 0 Å². The number of nitrogens with one attached hydrogen (secondary N) is 1. The van der Waals surface area contributed by atoms with E-state index in [1.54, 1.807) is 20.4 Å². The van der Waals surface area contributed by atoms with Gasteiger partial charge in [-0.15, -0.1) is 0 Å². The van der Waals surface area contributed by atoms with E-state index in [1.807, 2.05) is 6.92 Å². The van der Waals surface area contributed by atoms with Crippen LogP contribution in [0, 0.1) is 0 Å². The van der Waals surface area contributed by atoms with Crippen LogP contribution in [0.3, 0.4) is 0 Å². The summed E-state index contributed by atoms with van der Waals surface area (Å²) in [6.45, 7) is 1.94. The first-order valence-electron chi connectivity index (χ1n) is 5.59. The van der Waals surface area contributed by atoms with Gasteiger partial charge >= 0.3 is 0 Å². The molecule has 2 rings (SSSR count). The number of hydrogen-bond acceptors (Lipinski definition) is 3. The number of ether oxygens (including phenoxy) is 1. The highest BCUT2D eigenvalue weighted by atomic mass is 79.9. The van der Waals surface area contributed by atoms with Crippen LogP contribution >= 0.6 is 15.9 Å². The molecule has 0 aromatic carbocycles. The van der Waals surface area contributed by atoms with Gasteiger partial charge in [0.2, 0.25) is 0 Å². The highest BCUT2D eigenvalue weighted by Gasteiger charge is 2.51. The van der Waals surface area contributed by atoms with E-state index in [4.69, 9.17) is 4.74 Å². The molecule has 2 atom stereocenters. The monoisotopic (exact) mass is 314 g/mol. The summed E-state index contributed by atoms with van der Waals surface area (Å²) in [5, 5.41) is 2.86. The van der Waals surface area contributed by atoms with Crippen molar-refractivity contribution < 1.29 is 9.53 Å². The minimum atomic E-state index is -0.276. The molecular weight excluding hydrogens is 300 g/mol. The van der Waals surface area contributed by atoms with Gasteiger partial charge < -0.3 is 14.6 Å². The first-order chi connectivity index (χ1) is 8.37. The molecule has 0 aliphatic heterocycles. The van der Waals surface area contributed by atoms with Gasteiger partial charge in [-0.3, -0.25) is 9.59 Å². The van der Waals surface area contributed by atoms with E-state index < -0.39 is 0 Å². The van der Waals surface area contributed by atoms with Gasteiger partial charge in [-0.25, -0.2) is 0 Å². The average Bonchev–Trinajstić information content (AvgIpc) is 2.95. The van der Waals surface area contributed by atoms with Crippen LogP contribution in [0.25, 0.3) is 0 Å². The Morgan fingerprint density at radius 2 is 2.33 bits per heavy atom. The Hall–Kier alpha value is -1.14. The zero-order valence-corrected chi connectivity index (χ0v) is 12.1.